The van der Waals surface area contributed by atoms with Crippen LogP contribution in [-0.4, -0.2) is 37.8 Å². The molecule has 1 aliphatic heterocycles. The third kappa shape index (κ3) is 5.10. The van der Waals surface area contributed by atoms with E-state index in [0.717, 1.165) is 30.9 Å². The van der Waals surface area contributed by atoms with Gasteiger partial charge in [0.05, 0.1) is 27.8 Å². The van der Waals surface area contributed by atoms with Gasteiger partial charge in [0.1, 0.15) is 5.75 Å². The molecule has 3 rings (SSSR count). The molecule has 6 nitrogen and oxygen atoms in total. The zero-order chi connectivity index (χ0) is 23.3. The van der Waals surface area contributed by atoms with Crippen LogP contribution in [-0.2, 0) is 14.6 Å². The molecule has 0 amide bonds. The summed E-state index contributed by atoms with van der Waals surface area (Å²) in [5.41, 5.74) is -0.896. The van der Waals surface area contributed by atoms with Gasteiger partial charge in [0, 0.05) is 24.2 Å². The lowest BCUT2D eigenvalue weighted by atomic mass is 10.0. The molecule has 0 bridgehead atoms. The van der Waals surface area contributed by atoms with Crippen molar-refractivity contribution in [3.63, 3.8) is 0 Å². The van der Waals surface area contributed by atoms with Crippen LogP contribution in [0.1, 0.15) is 26.2 Å². The Morgan fingerprint density at radius 2 is 2.03 bits per heavy atom. The van der Waals surface area contributed by atoms with Crippen LogP contribution in [0.2, 0.25) is 0 Å². The van der Waals surface area contributed by atoms with Crippen molar-refractivity contribution < 1.29 is 27.4 Å². The standard InChI is InChI=1S/C23H26FNO5S2/c1-3-4-8-16-15-25(17-9-6-5-7-10-17)18-13-20(31-2)19(30-12-11-22(26)27)14-21(18)32(28,29)23(16)24/h5-7,9-14,16,23H,3-4,8,15H2,1-2H3,(H,26,27)/b12-11+. The second kappa shape index (κ2) is 10.4. The van der Waals surface area contributed by atoms with Gasteiger partial charge < -0.3 is 14.7 Å². The number of carbonyl (C=O) groups is 1. The SMILES string of the molecule is CCCCC1CN(c2ccccc2)c2cc(SC)c(O/C=C/C(=O)O)cc2S(=O)(=O)C1F. The molecule has 2 aromatic carbocycles. The first-order chi connectivity index (χ1) is 15.3. The number of para-hydroxylation sites is 1. The lowest BCUT2D eigenvalue weighted by molar-refractivity contribution is -0.131. The number of anilines is 2. The molecule has 0 spiro atoms. The van der Waals surface area contributed by atoms with Gasteiger partial charge in [0.15, 0.2) is 0 Å². The van der Waals surface area contributed by atoms with Gasteiger partial charge in [-0.05, 0) is 30.9 Å². The fourth-order valence-electron chi connectivity index (χ4n) is 3.72. The normalized spacial score (nSPS) is 20.0. The fourth-order valence-corrected chi connectivity index (χ4v) is 5.96. The van der Waals surface area contributed by atoms with Gasteiger partial charge in [0.25, 0.3) is 0 Å². The molecule has 1 aliphatic rings. The number of aliphatic carboxylic acids is 1. The molecule has 0 aliphatic carbocycles. The first-order valence-corrected chi connectivity index (χ1v) is 13.1. The maximum absolute atomic E-state index is 15.5. The lowest BCUT2D eigenvalue weighted by Gasteiger charge is -2.28. The number of unbranched alkanes of at least 4 members (excludes halogenated alkanes) is 1. The van der Waals surface area contributed by atoms with E-state index >= 15 is 4.39 Å². The molecule has 2 atom stereocenters. The first kappa shape index (κ1) is 24.1. The highest BCUT2D eigenvalue weighted by Crippen LogP contribution is 2.45. The number of nitrogens with zero attached hydrogens (tertiary/aromatic N) is 1. The van der Waals surface area contributed by atoms with E-state index in [4.69, 9.17) is 9.84 Å². The van der Waals surface area contributed by atoms with E-state index in [9.17, 15) is 13.2 Å². The number of ether oxygens (including phenoxy) is 1. The van der Waals surface area contributed by atoms with Gasteiger partial charge in [0.2, 0.25) is 15.3 Å². The first-order valence-electron chi connectivity index (χ1n) is 10.3. The Labute approximate surface area is 192 Å². The number of benzene rings is 2. The van der Waals surface area contributed by atoms with Gasteiger partial charge >= 0.3 is 5.97 Å². The Kier molecular flexibility index (Phi) is 7.84. The maximum atomic E-state index is 15.5. The highest BCUT2D eigenvalue weighted by molar-refractivity contribution is 7.98. The number of hydrogen-bond acceptors (Lipinski definition) is 6. The molecule has 1 N–H and O–H groups in total. The minimum absolute atomic E-state index is 0.157. The number of sulfone groups is 1. The van der Waals surface area contributed by atoms with Crippen LogP contribution in [0.5, 0.6) is 5.75 Å². The van der Waals surface area contributed by atoms with E-state index in [1.807, 2.05) is 42.2 Å². The van der Waals surface area contributed by atoms with Crippen LogP contribution in [0.25, 0.3) is 0 Å². The second-order valence-corrected chi connectivity index (χ2v) is 10.3. The van der Waals surface area contributed by atoms with E-state index in [2.05, 4.69) is 0 Å². The van der Waals surface area contributed by atoms with Crippen LogP contribution in [0, 0.1) is 5.92 Å². The number of rotatable bonds is 8. The second-order valence-electron chi connectivity index (χ2n) is 7.47. The summed E-state index contributed by atoms with van der Waals surface area (Å²) in [5.74, 6) is -1.73. The number of carboxylic acids is 1. The summed E-state index contributed by atoms with van der Waals surface area (Å²) in [4.78, 5) is 13.1. The average molecular weight is 480 g/mol. The van der Waals surface area contributed by atoms with Gasteiger partial charge in [-0.1, -0.05) is 38.0 Å². The minimum Gasteiger partial charge on any atom is -0.478 e. The lowest BCUT2D eigenvalue weighted by Crippen LogP contribution is -2.31. The molecule has 0 fully saturated rings. The Hall–Kier alpha value is -2.52. The van der Waals surface area contributed by atoms with Crippen LogP contribution < -0.4 is 9.64 Å². The van der Waals surface area contributed by atoms with E-state index in [0.29, 0.717) is 17.0 Å². The van der Waals surface area contributed by atoms with Gasteiger partial charge in [-0.15, -0.1) is 11.8 Å². The molecular formula is C23H26FNO5S2. The summed E-state index contributed by atoms with van der Waals surface area (Å²) < 4.78 is 47.6. The van der Waals surface area contributed by atoms with E-state index in [1.54, 1.807) is 12.3 Å². The van der Waals surface area contributed by atoms with Gasteiger partial charge in [-0.2, -0.15) is 0 Å². The largest absolute Gasteiger partial charge is 0.478 e. The summed E-state index contributed by atoms with van der Waals surface area (Å²) >= 11 is 1.33. The molecule has 2 unspecified atom stereocenters. The van der Waals surface area contributed by atoms with Gasteiger partial charge in [-0.3, -0.25) is 0 Å². The number of alkyl halides is 1. The number of fused-ring (bicyclic) bond motifs is 1. The third-order valence-corrected chi connectivity index (χ3v) is 8.01. The summed E-state index contributed by atoms with van der Waals surface area (Å²) in [6.45, 7) is 2.21. The van der Waals surface area contributed by atoms with E-state index in [-0.39, 0.29) is 17.2 Å². The molecule has 9 heteroatoms. The van der Waals surface area contributed by atoms with Crippen LogP contribution in [0.3, 0.4) is 0 Å². The Bertz CT molecular complexity index is 1090. The van der Waals surface area contributed by atoms with Crippen LogP contribution in [0.4, 0.5) is 15.8 Å². The molecule has 172 valence electrons. The van der Waals surface area contributed by atoms with Crippen molar-refractivity contribution in [1.29, 1.82) is 0 Å². The quantitative estimate of drug-likeness (QED) is 0.308. The van der Waals surface area contributed by atoms with Crippen molar-refractivity contribution in [2.24, 2.45) is 5.92 Å². The minimum atomic E-state index is -4.30. The van der Waals surface area contributed by atoms with Crippen molar-refractivity contribution >= 4 is 38.9 Å². The van der Waals surface area contributed by atoms with Crippen molar-refractivity contribution in [2.75, 3.05) is 17.7 Å². The summed E-state index contributed by atoms with van der Waals surface area (Å²) in [5, 5.41) is 8.80. The molecule has 2 aromatic rings. The van der Waals surface area contributed by atoms with E-state index in [1.165, 1.54) is 17.8 Å². The van der Waals surface area contributed by atoms with Crippen molar-refractivity contribution in [1.82, 2.24) is 0 Å². The number of hydrogen-bond donors (Lipinski definition) is 1. The molecule has 0 radical (unpaired) electrons. The zero-order valence-electron chi connectivity index (χ0n) is 17.9. The third-order valence-electron chi connectivity index (χ3n) is 5.33. The summed E-state index contributed by atoms with van der Waals surface area (Å²) in [6.07, 6.45) is 5.60. The van der Waals surface area contributed by atoms with Crippen LogP contribution >= 0.6 is 11.8 Å². The molecule has 0 saturated heterocycles. The van der Waals surface area contributed by atoms with Crippen LogP contribution in [0.15, 0.2) is 64.6 Å². The molecular weight excluding hydrogens is 453 g/mol. The zero-order valence-corrected chi connectivity index (χ0v) is 19.5. The van der Waals surface area contributed by atoms with E-state index < -0.39 is 27.2 Å². The smallest absolute Gasteiger partial charge is 0.331 e. The predicted octanol–water partition coefficient (Wildman–Crippen LogP) is 5.41. The predicted molar refractivity (Wildman–Crippen MR) is 124 cm³/mol. The van der Waals surface area contributed by atoms with Crippen molar-refractivity contribution in [3.05, 3.63) is 54.8 Å². The summed E-state index contributed by atoms with van der Waals surface area (Å²) in [6, 6.07) is 12.3. The molecule has 32 heavy (non-hydrogen) atoms. The molecule has 0 aromatic heterocycles. The van der Waals surface area contributed by atoms with Gasteiger partial charge in [-0.25, -0.2) is 17.6 Å². The number of carboxylic acid groups (broad SMARTS) is 1. The Balaban J connectivity index is 2.20. The number of thioether (sulfide) groups is 1. The average Bonchev–Trinajstić information content (AvgIpc) is 2.86. The Morgan fingerprint density at radius 1 is 1.31 bits per heavy atom. The Morgan fingerprint density at radius 3 is 2.66 bits per heavy atom. The molecule has 0 saturated carbocycles. The monoisotopic (exact) mass is 479 g/mol. The number of halogens is 1. The highest BCUT2D eigenvalue weighted by Gasteiger charge is 2.42. The molecule has 1 heterocycles. The highest BCUT2D eigenvalue weighted by atomic mass is 32.2. The topological polar surface area (TPSA) is 83.9 Å². The summed E-state index contributed by atoms with van der Waals surface area (Å²) in [7, 11) is -4.30. The maximum Gasteiger partial charge on any atom is 0.331 e. The van der Waals surface area contributed by atoms with Crippen molar-refractivity contribution in [3.8, 4) is 5.75 Å². The fraction of sp³-hybridized carbons (Fsp3) is 0.348. The van der Waals surface area contributed by atoms with Crippen molar-refractivity contribution in [2.45, 2.75) is 41.5 Å².